The van der Waals surface area contributed by atoms with Gasteiger partial charge in [-0.2, -0.15) is 4.31 Å². The number of fused-ring (bicyclic) bond motifs is 2. The Balaban J connectivity index is 2.25. The van der Waals surface area contributed by atoms with E-state index in [1.54, 1.807) is 11.2 Å². The van der Waals surface area contributed by atoms with Crippen molar-refractivity contribution in [3.8, 4) is 0 Å². The molecule has 0 N–H and O–H groups in total. The highest BCUT2D eigenvalue weighted by Gasteiger charge is 2.42. The molecule has 0 aliphatic carbocycles. The molecular weight excluding hydrogens is 186 g/mol. The van der Waals surface area contributed by atoms with E-state index in [1.807, 2.05) is 0 Å². The van der Waals surface area contributed by atoms with Crippen LogP contribution >= 0.6 is 0 Å². The van der Waals surface area contributed by atoms with Crippen molar-refractivity contribution in [3.05, 3.63) is 0 Å². The first kappa shape index (κ1) is 9.46. The van der Waals surface area contributed by atoms with Crippen LogP contribution in [0.3, 0.4) is 0 Å². The van der Waals surface area contributed by atoms with Gasteiger partial charge in [-0.05, 0) is 32.6 Å². The molecule has 2 saturated heterocycles. The second kappa shape index (κ2) is 3.24. The molecule has 2 aliphatic rings. The molecular formula is C9H17NO2S. The average molecular weight is 203 g/mol. The Morgan fingerprint density at radius 2 is 1.69 bits per heavy atom. The highest BCUT2D eigenvalue weighted by Crippen LogP contribution is 2.37. The summed E-state index contributed by atoms with van der Waals surface area (Å²) in [7, 11) is -2.92. The zero-order valence-corrected chi connectivity index (χ0v) is 8.89. The summed E-state index contributed by atoms with van der Waals surface area (Å²) < 4.78 is 25.3. The second-order valence-corrected chi connectivity index (χ2v) is 6.21. The van der Waals surface area contributed by atoms with Crippen LogP contribution in [0.2, 0.25) is 0 Å². The lowest BCUT2D eigenvalue weighted by molar-refractivity contribution is 0.248. The van der Waals surface area contributed by atoms with Crippen molar-refractivity contribution in [2.75, 3.05) is 5.75 Å². The standard InChI is InChI=1S/C9H17NO2S/c1-2-13(11,12)10-8-4-3-5-9(10)7-6-8/h8-9H,2-7H2,1H3. The lowest BCUT2D eigenvalue weighted by Crippen LogP contribution is -2.44. The van der Waals surface area contributed by atoms with Crippen LogP contribution in [-0.4, -0.2) is 30.6 Å². The van der Waals surface area contributed by atoms with E-state index in [1.165, 1.54) is 6.42 Å². The Kier molecular flexibility index (Phi) is 2.36. The van der Waals surface area contributed by atoms with Gasteiger partial charge in [-0.1, -0.05) is 6.42 Å². The zero-order valence-electron chi connectivity index (χ0n) is 8.07. The molecule has 2 atom stereocenters. The van der Waals surface area contributed by atoms with E-state index < -0.39 is 10.0 Å². The van der Waals surface area contributed by atoms with E-state index >= 15 is 0 Å². The monoisotopic (exact) mass is 203 g/mol. The molecule has 2 heterocycles. The average Bonchev–Trinajstić information content (AvgIpc) is 2.39. The molecule has 0 aromatic heterocycles. The van der Waals surface area contributed by atoms with E-state index in [0.717, 1.165) is 25.7 Å². The Hall–Kier alpha value is -0.0900. The van der Waals surface area contributed by atoms with Gasteiger partial charge in [0.1, 0.15) is 0 Å². The molecule has 2 rings (SSSR count). The molecule has 0 saturated carbocycles. The fraction of sp³-hybridized carbons (Fsp3) is 1.00. The van der Waals surface area contributed by atoms with Gasteiger partial charge in [0.2, 0.25) is 10.0 Å². The van der Waals surface area contributed by atoms with Gasteiger partial charge < -0.3 is 0 Å². The van der Waals surface area contributed by atoms with Crippen molar-refractivity contribution in [1.82, 2.24) is 4.31 Å². The smallest absolute Gasteiger partial charge is 0.212 e. The van der Waals surface area contributed by atoms with Crippen molar-refractivity contribution in [3.63, 3.8) is 0 Å². The van der Waals surface area contributed by atoms with Crippen LogP contribution in [0.25, 0.3) is 0 Å². The fourth-order valence-corrected chi connectivity index (χ4v) is 4.30. The molecule has 2 aliphatic heterocycles. The van der Waals surface area contributed by atoms with Crippen LogP contribution in [0.4, 0.5) is 0 Å². The third-order valence-corrected chi connectivity index (χ3v) is 5.28. The highest BCUT2D eigenvalue weighted by atomic mass is 32.2. The van der Waals surface area contributed by atoms with Crippen LogP contribution < -0.4 is 0 Å². The van der Waals surface area contributed by atoms with Gasteiger partial charge in [0.05, 0.1) is 5.75 Å². The van der Waals surface area contributed by atoms with E-state index in [9.17, 15) is 8.42 Å². The minimum absolute atomic E-state index is 0.264. The Bertz CT molecular complexity index is 270. The first-order chi connectivity index (χ1) is 6.15. The molecule has 13 heavy (non-hydrogen) atoms. The lowest BCUT2D eigenvalue weighted by Gasteiger charge is -2.33. The zero-order chi connectivity index (χ0) is 9.47. The van der Waals surface area contributed by atoms with Crippen LogP contribution in [0.5, 0.6) is 0 Å². The van der Waals surface area contributed by atoms with E-state index in [2.05, 4.69) is 0 Å². The van der Waals surface area contributed by atoms with Gasteiger partial charge in [0, 0.05) is 12.1 Å². The fourth-order valence-electron chi connectivity index (χ4n) is 2.67. The summed E-state index contributed by atoms with van der Waals surface area (Å²) in [4.78, 5) is 0. The number of sulfonamides is 1. The van der Waals surface area contributed by atoms with E-state index in [0.29, 0.717) is 12.1 Å². The molecule has 4 heteroatoms. The van der Waals surface area contributed by atoms with Gasteiger partial charge in [0.15, 0.2) is 0 Å². The molecule has 0 aromatic rings. The topological polar surface area (TPSA) is 37.4 Å². The molecule has 0 amide bonds. The maximum Gasteiger partial charge on any atom is 0.214 e. The number of rotatable bonds is 2. The maximum absolute atomic E-state index is 11.7. The SMILES string of the molecule is CCS(=O)(=O)N1C2CCCC1CC2. The summed E-state index contributed by atoms with van der Waals surface area (Å²) in [5.41, 5.74) is 0. The first-order valence-electron chi connectivity index (χ1n) is 5.16. The Labute approximate surface area is 80.2 Å². The molecule has 0 radical (unpaired) electrons. The molecule has 3 nitrogen and oxygen atoms in total. The van der Waals surface area contributed by atoms with Crippen LogP contribution in [0.15, 0.2) is 0 Å². The summed E-state index contributed by atoms with van der Waals surface area (Å²) in [5.74, 6) is 0.264. The van der Waals surface area contributed by atoms with Crippen molar-refractivity contribution < 1.29 is 8.42 Å². The molecule has 0 aromatic carbocycles. The third kappa shape index (κ3) is 1.50. The number of piperidine rings is 1. The molecule has 2 unspecified atom stereocenters. The maximum atomic E-state index is 11.7. The van der Waals surface area contributed by atoms with Crippen LogP contribution in [-0.2, 0) is 10.0 Å². The molecule has 2 fully saturated rings. The van der Waals surface area contributed by atoms with Gasteiger partial charge >= 0.3 is 0 Å². The summed E-state index contributed by atoms with van der Waals surface area (Å²) >= 11 is 0. The largest absolute Gasteiger partial charge is 0.214 e. The summed E-state index contributed by atoms with van der Waals surface area (Å²) in [6.45, 7) is 1.74. The van der Waals surface area contributed by atoms with Gasteiger partial charge in [0.25, 0.3) is 0 Å². The van der Waals surface area contributed by atoms with Gasteiger partial charge in [-0.25, -0.2) is 8.42 Å². The molecule has 2 bridgehead atoms. The second-order valence-electron chi connectivity index (χ2n) is 4.05. The lowest BCUT2D eigenvalue weighted by atomic mass is 10.1. The number of nitrogens with zero attached hydrogens (tertiary/aromatic N) is 1. The third-order valence-electron chi connectivity index (χ3n) is 3.31. The Morgan fingerprint density at radius 3 is 2.15 bits per heavy atom. The van der Waals surface area contributed by atoms with E-state index in [4.69, 9.17) is 0 Å². The minimum atomic E-state index is -2.92. The van der Waals surface area contributed by atoms with Crippen LogP contribution in [0.1, 0.15) is 39.0 Å². The quantitative estimate of drug-likeness (QED) is 0.679. The van der Waals surface area contributed by atoms with Gasteiger partial charge in [-0.15, -0.1) is 0 Å². The summed E-state index contributed by atoms with van der Waals surface area (Å²) in [6.07, 6.45) is 5.55. The van der Waals surface area contributed by atoms with Crippen LogP contribution in [0, 0.1) is 0 Å². The molecule has 0 spiro atoms. The van der Waals surface area contributed by atoms with Crippen molar-refractivity contribution in [2.45, 2.75) is 51.1 Å². The number of hydrogen-bond acceptors (Lipinski definition) is 2. The molecule has 76 valence electrons. The number of hydrogen-bond donors (Lipinski definition) is 0. The predicted molar refractivity (Wildman–Crippen MR) is 52.0 cm³/mol. The summed E-state index contributed by atoms with van der Waals surface area (Å²) in [5, 5.41) is 0. The normalized spacial score (nSPS) is 35.2. The van der Waals surface area contributed by atoms with Crippen molar-refractivity contribution >= 4 is 10.0 Å². The van der Waals surface area contributed by atoms with Gasteiger partial charge in [-0.3, -0.25) is 0 Å². The first-order valence-corrected chi connectivity index (χ1v) is 6.77. The highest BCUT2D eigenvalue weighted by molar-refractivity contribution is 7.89. The Morgan fingerprint density at radius 1 is 1.15 bits per heavy atom. The minimum Gasteiger partial charge on any atom is -0.212 e. The van der Waals surface area contributed by atoms with E-state index in [-0.39, 0.29) is 5.75 Å². The van der Waals surface area contributed by atoms with Crippen molar-refractivity contribution in [2.24, 2.45) is 0 Å². The predicted octanol–water partition coefficient (Wildman–Crippen LogP) is 1.35. The van der Waals surface area contributed by atoms with Crippen molar-refractivity contribution in [1.29, 1.82) is 0 Å². The summed E-state index contributed by atoms with van der Waals surface area (Å²) in [6, 6.07) is 0.674.